The molecule has 0 unspecified atom stereocenters. The first kappa shape index (κ1) is 22.2. The molecular weight excluding hydrogens is 418 g/mol. The van der Waals surface area contributed by atoms with Gasteiger partial charge in [-0.3, -0.25) is 4.79 Å². The van der Waals surface area contributed by atoms with E-state index in [0.717, 1.165) is 5.56 Å². The van der Waals surface area contributed by atoms with Crippen molar-refractivity contribution in [2.75, 3.05) is 32.8 Å². The highest BCUT2D eigenvalue weighted by Gasteiger charge is 2.23. The topological polar surface area (TPSA) is 83.1 Å². The van der Waals surface area contributed by atoms with Crippen molar-refractivity contribution in [1.82, 2.24) is 0 Å². The van der Waals surface area contributed by atoms with Gasteiger partial charge in [0, 0.05) is 10.9 Å². The lowest BCUT2D eigenvalue weighted by atomic mass is 10.0. The van der Waals surface area contributed by atoms with Crippen LogP contribution >= 0.6 is 11.3 Å². The van der Waals surface area contributed by atoms with Crippen LogP contribution in [0.3, 0.4) is 0 Å². The fourth-order valence-corrected chi connectivity index (χ4v) is 3.92. The summed E-state index contributed by atoms with van der Waals surface area (Å²) in [7, 11) is 3.01. The van der Waals surface area contributed by atoms with E-state index in [-0.39, 0.29) is 13.2 Å². The number of esters is 1. The van der Waals surface area contributed by atoms with Gasteiger partial charge < -0.3 is 24.3 Å². The maximum absolute atomic E-state index is 12.6. The number of methoxy groups -OCH3 is 2. The Morgan fingerprint density at radius 2 is 1.65 bits per heavy atom. The molecular formula is C23H23NO6S. The van der Waals surface area contributed by atoms with Crippen LogP contribution in [-0.4, -0.2) is 39.3 Å². The molecule has 0 radical (unpaired) electrons. The molecule has 3 rings (SSSR count). The number of nitrogens with one attached hydrogen (secondary N) is 1. The van der Waals surface area contributed by atoms with Crippen molar-refractivity contribution < 1.29 is 28.5 Å². The van der Waals surface area contributed by atoms with Gasteiger partial charge in [0.15, 0.2) is 18.1 Å². The number of hydrogen-bond donors (Lipinski definition) is 1. The van der Waals surface area contributed by atoms with E-state index >= 15 is 0 Å². The van der Waals surface area contributed by atoms with Crippen LogP contribution in [0.1, 0.15) is 17.3 Å². The molecule has 1 amide bonds. The Kier molecular flexibility index (Phi) is 7.50. The number of carbonyl (C=O) groups excluding carboxylic acids is 2. The SMILES string of the molecule is CCOC(=O)c1c(-c2ccccc2)csc1NC(=O)COc1c(OC)cccc1OC. The molecule has 31 heavy (non-hydrogen) atoms. The van der Waals surface area contributed by atoms with Crippen LogP contribution in [0.5, 0.6) is 17.2 Å². The lowest BCUT2D eigenvalue weighted by Crippen LogP contribution is -2.21. The second-order valence-electron chi connectivity index (χ2n) is 6.27. The lowest BCUT2D eigenvalue weighted by Gasteiger charge is -2.14. The van der Waals surface area contributed by atoms with Gasteiger partial charge in [-0.25, -0.2) is 4.79 Å². The fourth-order valence-electron chi connectivity index (χ4n) is 2.95. The summed E-state index contributed by atoms with van der Waals surface area (Å²) in [5.41, 5.74) is 1.88. The minimum absolute atomic E-state index is 0.229. The molecule has 0 aliphatic heterocycles. The average Bonchev–Trinajstić information content (AvgIpc) is 3.21. The number of thiophene rings is 1. The monoisotopic (exact) mass is 441 g/mol. The van der Waals surface area contributed by atoms with Crippen LogP contribution in [0.4, 0.5) is 5.00 Å². The predicted molar refractivity (Wildman–Crippen MR) is 119 cm³/mol. The smallest absolute Gasteiger partial charge is 0.341 e. The van der Waals surface area contributed by atoms with E-state index in [1.54, 1.807) is 25.1 Å². The zero-order chi connectivity index (χ0) is 22.2. The molecule has 7 nitrogen and oxygen atoms in total. The quantitative estimate of drug-likeness (QED) is 0.488. The number of anilines is 1. The summed E-state index contributed by atoms with van der Waals surface area (Å²) in [6, 6.07) is 14.6. The van der Waals surface area contributed by atoms with E-state index < -0.39 is 11.9 Å². The molecule has 3 aromatic rings. The van der Waals surface area contributed by atoms with Gasteiger partial charge >= 0.3 is 5.97 Å². The Bertz CT molecular complexity index is 1030. The third-order valence-corrected chi connectivity index (χ3v) is 5.23. The maximum Gasteiger partial charge on any atom is 0.341 e. The Balaban J connectivity index is 1.81. The van der Waals surface area contributed by atoms with Crippen molar-refractivity contribution in [2.45, 2.75) is 6.92 Å². The highest BCUT2D eigenvalue weighted by Crippen LogP contribution is 2.38. The number of ether oxygens (including phenoxy) is 4. The number of para-hydroxylation sites is 1. The second-order valence-corrected chi connectivity index (χ2v) is 7.15. The Labute approximate surface area is 184 Å². The highest BCUT2D eigenvalue weighted by atomic mass is 32.1. The summed E-state index contributed by atoms with van der Waals surface area (Å²) in [5.74, 6) is 0.290. The van der Waals surface area contributed by atoms with Crippen LogP contribution in [-0.2, 0) is 9.53 Å². The molecule has 1 N–H and O–H groups in total. The summed E-state index contributed by atoms with van der Waals surface area (Å²) in [4.78, 5) is 25.2. The molecule has 0 saturated carbocycles. The number of amides is 1. The van der Waals surface area contributed by atoms with Gasteiger partial charge in [0.25, 0.3) is 5.91 Å². The van der Waals surface area contributed by atoms with Crippen LogP contribution in [0.25, 0.3) is 11.1 Å². The molecule has 1 aromatic heterocycles. The predicted octanol–water partition coefficient (Wildman–Crippen LogP) is 4.63. The van der Waals surface area contributed by atoms with E-state index in [2.05, 4.69) is 5.32 Å². The summed E-state index contributed by atoms with van der Waals surface area (Å²) < 4.78 is 21.4. The standard InChI is InChI=1S/C23H23NO6S/c1-4-29-23(26)20-16(15-9-6-5-7-10-15)14-31-22(20)24-19(25)13-30-21-17(27-2)11-8-12-18(21)28-3/h5-12,14H,4,13H2,1-3H3,(H,24,25). The zero-order valence-corrected chi connectivity index (χ0v) is 18.3. The minimum Gasteiger partial charge on any atom is -0.493 e. The van der Waals surface area contributed by atoms with E-state index in [0.29, 0.717) is 33.4 Å². The van der Waals surface area contributed by atoms with Gasteiger partial charge in [0.1, 0.15) is 10.6 Å². The molecule has 162 valence electrons. The molecule has 0 atom stereocenters. The van der Waals surface area contributed by atoms with Gasteiger partial charge in [-0.2, -0.15) is 0 Å². The normalized spacial score (nSPS) is 10.3. The van der Waals surface area contributed by atoms with Crippen LogP contribution in [0.15, 0.2) is 53.9 Å². The lowest BCUT2D eigenvalue weighted by molar-refractivity contribution is -0.118. The van der Waals surface area contributed by atoms with Gasteiger partial charge in [-0.05, 0) is 24.6 Å². The average molecular weight is 442 g/mol. The van der Waals surface area contributed by atoms with Crippen molar-refractivity contribution in [1.29, 1.82) is 0 Å². The molecule has 0 saturated heterocycles. The molecule has 1 heterocycles. The number of benzene rings is 2. The van der Waals surface area contributed by atoms with E-state index in [1.807, 2.05) is 35.7 Å². The first-order valence-corrected chi connectivity index (χ1v) is 10.4. The summed E-state index contributed by atoms with van der Waals surface area (Å²) in [6.45, 7) is 1.67. The first-order chi connectivity index (χ1) is 15.1. The zero-order valence-electron chi connectivity index (χ0n) is 17.5. The Morgan fingerprint density at radius 3 is 2.26 bits per heavy atom. The van der Waals surface area contributed by atoms with Gasteiger partial charge in [0.2, 0.25) is 5.75 Å². The Morgan fingerprint density at radius 1 is 0.968 bits per heavy atom. The van der Waals surface area contributed by atoms with Crippen molar-refractivity contribution in [2.24, 2.45) is 0 Å². The molecule has 0 spiro atoms. The third-order valence-electron chi connectivity index (χ3n) is 4.34. The molecule has 0 fully saturated rings. The summed E-state index contributed by atoms with van der Waals surface area (Å²) in [5, 5.41) is 4.98. The molecule has 0 aliphatic carbocycles. The third kappa shape index (κ3) is 5.16. The number of hydrogen-bond acceptors (Lipinski definition) is 7. The van der Waals surface area contributed by atoms with Gasteiger partial charge in [-0.1, -0.05) is 36.4 Å². The second kappa shape index (κ2) is 10.5. The van der Waals surface area contributed by atoms with Gasteiger partial charge in [-0.15, -0.1) is 11.3 Å². The van der Waals surface area contributed by atoms with Crippen molar-refractivity contribution >= 4 is 28.2 Å². The Hall–Kier alpha value is -3.52. The molecule has 2 aromatic carbocycles. The summed E-state index contributed by atoms with van der Waals surface area (Å²) in [6.07, 6.45) is 0. The maximum atomic E-state index is 12.6. The first-order valence-electron chi connectivity index (χ1n) is 9.56. The highest BCUT2D eigenvalue weighted by molar-refractivity contribution is 7.15. The van der Waals surface area contributed by atoms with Crippen LogP contribution in [0.2, 0.25) is 0 Å². The van der Waals surface area contributed by atoms with Crippen molar-refractivity contribution in [3.05, 3.63) is 59.5 Å². The number of rotatable bonds is 9. The minimum atomic E-state index is -0.495. The van der Waals surface area contributed by atoms with E-state index in [1.165, 1.54) is 25.6 Å². The van der Waals surface area contributed by atoms with Crippen LogP contribution in [0, 0.1) is 0 Å². The van der Waals surface area contributed by atoms with E-state index in [4.69, 9.17) is 18.9 Å². The summed E-state index contributed by atoms with van der Waals surface area (Å²) >= 11 is 1.25. The molecule has 8 heteroatoms. The largest absolute Gasteiger partial charge is 0.493 e. The van der Waals surface area contributed by atoms with E-state index in [9.17, 15) is 9.59 Å². The van der Waals surface area contributed by atoms with Crippen molar-refractivity contribution in [3.63, 3.8) is 0 Å². The fraction of sp³-hybridized carbons (Fsp3) is 0.217. The van der Waals surface area contributed by atoms with Gasteiger partial charge in [0.05, 0.1) is 20.8 Å². The van der Waals surface area contributed by atoms with Crippen LogP contribution < -0.4 is 19.5 Å². The molecule has 0 aliphatic rings. The molecule has 0 bridgehead atoms. The number of carbonyl (C=O) groups is 2. The van der Waals surface area contributed by atoms with Crippen molar-refractivity contribution in [3.8, 4) is 28.4 Å².